The van der Waals surface area contributed by atoms with Crippen molar-refractivity contribution >= 4 is 5.69 Å². The van der Waals surface area contributed by atoms with E-state index in [1.807, 2.05) is 12.1 Å². The van der Waals surface area contributed by atoms with Crippen molar-refractivity contribution in [1.82, 2.24) is 0 Å². The lowest BCUT2D eigenvalue weighted by molar-refractivity contribution is 0.0575. The van der Waals surface area contributed by atoms with Gasteiger partial charge in [0.1, 0.15) is 6.23 Å². The van der Waals surface area contributed by atoms with Gasteiger partial charge in [0, 0.05) is 12.1 Å². The van der Waals surface area contributed by atoms with Gasteiger partial charge in [-0.3, -0.25) is 0 Å². The highest BCUT2D eigenvalue weighted by molar-refractivity contribution is 5.64. The van der Waals surface area contributed by atoms with Crippen molar-refractivity contribution < 1.29 is 4.74 Å². The van der Waals surface area contributed by atoms with Crippen LogP contribution in [0, 0.1) is 12.3 Å². The Morgan fingerprint density at radius 3 is 3.17 bits per heavy atom. The third kappa shape index (κ3) is 1.42. The average molecular weight is 237 g/mol. The molecule has 0 radical (unpaired) electrons. The van der Waals surface area contributed by atoms with Crippen LogP contribution in [0.2, 0.25) is 0 Å². The summed E-state index contributed by atoms with van der Waals surface area (Å²) in [7, 11) is 0. The fourth-order valence-corrected chi connectivity index (χ4v) is 3.06. The fraction of sp³-hybridized carbons (Fsp3) is 0.312. The molecule has 18 heavy (non-hydrogen) atoms. The summed E-state index contributed by atoms with van der Waals surface area (Å²) in [6, 6.07) is 8.29. The summed E-state index contributed by atoms with van der Waals surface area (Å²) in [4.78, 5) is 0. The van der Waals surface area contributed by atoms with E-state index in [9.17, 15) is 0 Å². The molecular formula is C16H15NO. The van der Waals surface area contributed by atoms with Gasteiger partial charge >= 0.3 is 0 Å². The van der Waals surface area contributed by atoms with Crippen molar-refractivity contribution in [2.75, 3.05) is 5.32 Å². The summed E-state index contributed by atoms with van der Waals surface area (Å²) in [6.07, 6.45) is 8.98. The number of para-hydroxylation sites is 1. The van der Waals surface area contributed by atoms with Gasteiger partial charge in [0.05, 0.1) is 11.5 Å². The van der Waals surface area contributed by atoms with Crippen LogP contribution in [0.5, 0.6) is 0 Å². The first-order chi connectivity index (χ1) is 8.80. The number of hydrogen-bond acceptors (Lipinski definition) is 2. The molecule has 1 fully saturated rings. The Kier molecular flexibility index (Phi) is 2.52. The lowest BCUT2D eigenvalue weighted by Crippen LogP contribution is -2.32. The zero-order valence-corrected chi connectivity index (χ0v) is 10.1. The van der Waals surface area contributed by atoms with Crippen LogP contribution in [0.4, 0.5) is 5.69 Å². The van der Waals surface area contributed by atoms with Crippen molar-refractivity contribution in [3.63, 3.8) is 0 Å². The highest BCUT2D eigenvalue weighted by atomic mass is 16.5. The molecule has 2 heterocycles. The molecule has 0 amide bonds. The Labute approximate surface area is 107 Å². The second-order valence-corrected chi connectivity index (χ2v) is 4.83. The van der Waals surface area contributed by atoms with E-state index >= 15 is 0 Å². The van der Waals surface area contributed by atoms with E-state index in [1.54, 1.807) is 0 Å². The number of anilines is 1. The minimum absolute atomic E-state index is 0.0532. The predicted molar refractivity (Wildman–Crippen MR) is 72.2 cm³/mol. The van der Waals surface area contributed by atoms with Gasteiger partial charge < -0.3 is 10.1 Å². The summed E-state index contributed by atoms with van der Waals surface area (Å²) in [5.41, 5.74) is 5.15. The molecule has 3 rings (SSSR count). The van der Waals surface area contributed by atoms with E-state index < -0.39 is 0 Å². The molecule has 0 saturated carbocycles. The molecule has 1 aromatic rings. The average Bonchev–Trinajstić information content (AvgIpc) is 2.82. The molecule has 2 heteroatoms. The van der Waals surface area contributed by atoms with Crippen molar-refractivity contribution in [2.45, 2.75) is 30.6 Å². The molecule has 90 valence electrons. The summed E-state index contributed by atoms with van der Waals surface area (Å²) in [5, 5.41) is 3.42. The molecule has 0 spiro atoms. The molecule has 0 aromatic heterocycles. The molecule has 2 nitrogen and oxygen atoms in total. The van der Waals surface area contributed by atoms with E-state index in [-0.39, 0.29) is 17.7 Å². The Bertz CT molecular complexity index is 565. The van der Waals surface area contributed by atoms with Crippen LogP contribution in [0.15, 0.2) is 42.7 Å². The van der Waals surface area contributed by atoms with E-state index in [0.29, 0.717) is 6.42 Å². The van der Waals surface area contributed by atoms with Gasteiger partial charge in [-0.1, -0.05) is 24.8 Å². The number of ether oxygens (including phenoxy) is 1. The summed E-state index contributed by atoms with van der Waals surface area (Å²) in [6.45, 7) is 3.72. The zero-order valence-electron chi connectivity index (χ0n) is 10.1. The normalized spacial score (nSPS) is 31.7. The van der Waals surface area contributed by atoms with Crippen molar-refractivity contribution in [1.29, 1.82) is 0 Å². The van der Waals surface area contributed by atoms with E-state index in [1.165, 1.54) is 5.56 Å². The van der Waals surface area contributed by atoms with Crippen molar-refractivity contribution in [3.8, 4) is 12.3 Å². The Morgan fingerprint density at radius 1 is 1.56 bits per heavy atom. The third-order valence-corrected chi connectivity index (χ3v) is 3.78. The topological polar surface area (TPSA) is 21.3 Å². The van der Waals surface area contributed by atoms with Crippen molar-refractivity contribution in [3.05, 3.63) is 48.2 Å². The second-order valence-electron chi connectivity index (χ2n) is 4.83. The third-order valence-electron chi connectivity index (χ3n) is 3.78. The van der Waals surface area contributed by atoms with E-state index in [2.05, 4.69) is 41.7 Å². The Hall–Kier alpha value is -1.94. The van der Waals surface area contributed by atoms with E-state index in [0.717, 1.165) is 12.1 Å². The van der Waals surface area contributed by atoms with E-state index in [4.69, 9.17) is 11.2 Å². The predicted octanol–water partition coefficient (Wildman–Crippen LogP) is 2.83. The van der Waals surface area contributed by atoms with Gasteiger partial charge in [-0.25, -0.2) is 0 Å². The highest BCUT2D eigenvalue weighted by Gasteiger charge is 2.52. The maximum absolute atomic E-state index is 6.01. The Balaban J connectivity index is 2.06. The number of terminal acetylenes is 1. The molecule has 0 bridgehead atoms. The van der Waals surface area contributed by atoms with Crippen LogP contribution in [0.1, 0.15) is 18.4 Å². The summed E-state index contributed by atoms with van der Waals surface area (Å²) >= 11 is 0. The second kappa shape index (κ2) is 4.07. The molecule has 0 unspecified atom stereocenters. The first kappa shape index (κ1) is 11.2. The maximum Gasteiger partial charge on any atom is 0.142 e. The van der Waals surface area contributed by atoms with Gasteiger partial charge in [0.15, 0.2) is 0 Å². The molecule has 1 saturated heterocycles. The van der Waals surface area contributed by atoms with Crippen LogP contribution >= 0.6 is 0 Å². The minimum atomic E-state index is -0.167. The number of rotatable bonds is 2. The fourth-order valence-electron chi connectivity index (χ4n) is 3.06. The van der Waals surface area contributed by atoms with Gasteiger partial charge in [-0.05, 0) is 24.1 Å². The lowest BCUT2D eigenvalue weighted by atomic mass is 9.78. The molecule has 2 aliphatic rings. The molecular weight excluding hydrogens is 222 g/mol. The maximum atomic E-state index is 6.01. The van der Waals surface area contributed by atoms with Crippen LogP contribution < -0.4 is 5.32 Å². The largest absolute Gasteiger partial charge is 0.359 e. The molecule has 1 aromatic carbocycles. The van der Waals surface area contributed by atoms with Crippen molar-refractivity contribution in [2.24, 2.45) is 0 Å². The molecule has 0 aliphatic carbocycles. The standard InChI is InChI=1S/C16H15NO/c1-3-7-12-11-16(10-4-2)13-8-5-6-9-14(13)17-15(16)18-12/h1,5-6,8-10,12,15,17H,2,7,11H2/t12-,15+,16+/m1/s1. The number of benzene rings is 1. The lowest BCUT2D eigenvalue weighted by Gasteiger charge is -2.22. The number of fused-ring (bicyclic) bond motifs is 3. The van der Waals surface area contributed by atoms with Gasteiger partial charge in [-0.15, -0.1) is 18.1 Å². The summed E-state index contributed by atoms with van der Waals surface area (Å²) in [5.74, 6) is 2.68. The quantitative estimate of drug-likeness (QED) is 0.631. The molecule has 3 atom stereocenters. The van der Waals surface area contributed by atoms with Gasteiger partial charge in [-0.2, -0.15) is 0 Å². The number of hydrogen-bond donors (Lipinski definition) is 1. The highest BCUT2D eigenvalue weighted by Crippen LogP contribution is 2.50. The van der Waals surface area contributed by atoms with Crippen LogP contribution in [-0.2, 0) is 10.2 Å². The SMILES string of the molecule is C#CC[C@@H]1C[C@@]2(C=C=C)c3ccccc3N[C@H]2O1. The number of nitrogens with one attached hydrogen (secondary N) is 1. The van der Waals surface area contributed by atoms with Gasteiger partial charge in [0.25, 0.3) is 0 Å². The first-order valence-corrected chi connectivity index (χ1v) is 6.12. The molecule has 2 aliphatic heterocycles. The smallest absolute Gasteiger partial charge is 0.142 e. The monoisotopic (exact) mass is 237 g/mol. The summed E-state index contributed by atoms with van der Waals surface area (Å²) < 4.78 is 6.01. The Morgan fingerprint density at radius 2 is 2.39 bits per heavy atom. The van der Waals surface area contributed by atoms with Crippen LogP contribution in [0.3, 0.4) is 0 Å². The van der Waals surface area contributed by atoms with Gasteiger partial charge in [0.2, 0.25) is 0 Å². The van der Waals surface area contributed by atoms with Crippen LogP contribution in [-0.4, -0.2) is 12.3 Å². The first-order valence-electron chi connectivity index (χ1n) is 6.12. The van der Waals surface area contributed by atoms with Crippen LogP contribution in [0.25, 0.3) is 0 Å². The zero-order chi connectivity index (χ0) is 12.6. The molecule has 1 N–H and O–H groups in total. The minimum Gasteiger partial charge on any atom is -0.359 e.